The number of alkyl halides is 3. The summed E-state index contributed by atoms with van der Waals surface area (Å²) in [7, 11) is 0. The Balaban J connectivity index is 1.83. The zero-order chi connectivity index (χ0) is 20.8. The molecule has 4 rings (SSSR count). The number of halogens is 4. The van der Waals surface area contributed by atoms with Crippen LogP contribution in [0, 0.1) is 19.7 Å². The van der Waals surface area contributed by atoms with Crippen LogP contribution in [0.4, 0.5) is 29.1 Å². The van der Waals surface area contributed by atoms with Gasteiger partial charge in [-0.2, -0.15) is 18.3 Å². The summed E-state index contributed by atoms with van der Waals surface area (Å²) in [5.41, 5.74) is 1.94. The molecule has 2 heterocycles. The topological polar surface area (TPSA) is 53.6 Å². The number of rotatable bonds is 3. The highest BCUT2D eigenvalue weighted by molar-refractivity contribution is 5.92. The Morgan fingerprint density at radius 1 is 1.00 bits per heavy atom. The standard InChI is InChI=1S/C21H16F4N4/c1-11-12(2)26-19(14-5-3-4-6-16(14)21(23,24)25)10-18(11)27-20-15-9-13(22)7-8-17(15)28-29-20/h3-10H,1-2H3,(H2,26,27,28,29). The fraction of sp³-hybridized carbons (Fsp3) is 0.143. The van der Waals surface area contributed by atoms with Gasteiger partial charge < -0.3 is 5.32 Å². The molecule has 0 atom stereocenters. The number of hydrogen-bond acceptors (Lipinski definition) is 3. The number of aromatic amines is 1. The molecule has 2 N–H and O–H groups in total. The first-order valence-electron chi connectivity index (χ1n) is 8.79. The molecule has 0 unspecified atom stereocenters. The molecule has 0 saturated heterocycles. The molecule has 29 heavy (non-hydrogen) atoms. The Morgan fingerprint density at radius 2 is 1.76 bits per heavy atom. The smallest absolute Gasteiger partial charge is 0.338 e. The van der Waals surface area contributed by atoms with Crippen LogP contribution in [0.5, 0.6) is 0 Å². The molecule has 0 aliphatic heterocycles. The lowest BCUT2D eigenvalue weighted by atomic mass is 10.0. The van der Waals surface area contributed by atoms with E-state index in [4.69, 9.17) is 0 Å². The minimum absolute atomic E-state index is 0.0101. The number of benzene rings is 2. The number of fused-ring (bicyclic) bond motifs is 1. The summed E-state index contributed by atoms with van der Waals surface area (Å²) in [5.74, 6) is -0.0346. The van der Waals surface area contributed by atoms with Crippen molar-refractivity contribution in [2.45, 2.75) is 20.0 Å². The summed E-state index contributed by atoms with van der Waals surface area (Å²) in [4.78, 5) is 4.36. The quantitative estimate of drug-likeness (QED) is 0.406. The van der Waals surface area contributed by atoms with E-state index in [9.17, 15) is 17.6 Å². The van der Waals surface area contributed by atoms with Gasteiger partial charge in [0.15, 0.2) is 5.82 Å². The second-order valence-electron chi connectivity index (χ2n) is 6.70. The van der Waals surface area contributed by atoms with Crippen molar-refractivity contribution in [1.29, 1.82) is 0 Å². The Morgan fingerprint density at radius 3 is 2.52 bits per heavy atom. The van der Waals surface area contributed by atoms with Gasteiger partial charge in [0, 0.05) is 22.3 Å². The number of H-pyrrole nitrogens is 1. The van der Waals surface area contributed by atoms with Crippen molar-refractivity contribution in [2.24, 2.45) is 0 Å². The third-order valence-electron chi connectivity index (χ3n) is 4.80. The van der Waals surface area contributed by atoms with Crippen molar-refractivity contribution in [1.82, 2.24) is 15.2 Å². The van der Waals surface area contributed by atoms with Gasteiger partial charge in [-0.15, -0.1) is 0 Å². The van der Waals surface area contributed by atoms with Gasteiger partial charge in [-0.1, -0.05) is 18.2 Å². The summed E-state index contributed by atoms with van der Waals surface area (Å²) in [6.45, 7) is 3.53. The molecule has 0 fully saturated rings. The molecule has 4 aromatic rings. The molecule has 0 amide bonds. The third kappa shape index (κ3) is 3.53. The van der Waals surface area contributed by atoms with Gasteiger partial charge in [-0.05, 0) is 49.7 Å². The van der Waals surface area contributed by atoms with E-state index in [2.05, 4.69) is 20.5 Å². The highest BCUT2D eigenvalue weighted by atomic mass is 19.4. The minimum Gasteiger partial charge on any atom is -0.338 e. The molecular formula is C21H16F4N4. The number of nitrogens with zero attached hydrogens (tertiary/aromatic N) is 2. The predicted octanol–water partition coefficient (Wildman–Crippen LogP) is 6.14. The number of aromatic nitrogens is 3. The Hall–Kier alpha value is -3.42. The minimum atomic E-state index is -4.50. The van der Waals surface area contributed by atoms with Crippen molar-refractivity contribution in [3.63, 3.8) is 0 Å². The third-order valence-corrected chi connectivity index (χ3v) is 4.80. The number of aryl methyl sites for hydroxylation is 1. The van der Waals surface area contributed by atoms with Crippen LogP contribution in [0.25, 0.3) is 22.2 Å². The SMILES string of the molecule is Cc1nc(-c2ccccc2C(F)(F)F)cc(Nc2n[nH]c3ccc(F)cc23)c1C. The maximum absolute atomic E-state index is 13.6. The van der Waals surface area contributed by atoms with E-state index in [1.54, 1.807) is 32.0 Å². The van der Waals surface area contributed by atoms with Gasteiger partial charge in [0.05, 0.1) is 16.8 Å². The van der Waals surface area contributed by atoms with Crippen LogP contribution < -0.4 is 5.32 Å². The van der Waals surface area contributed by atoms with Crippen molar-refractivity contribution in [3.8, 4) is 11.3 Å². The van der Waals surface area contributed by atoms with Crippen molar-refractivity contribution < 1.29 is 17.6 Å². The molecule has 0 radical (unpaired) electrons. The van der Waals surface area contributed by atoms with Crippen LogP contribution in [-0.2, 0) is 6.18 Å². The number of nitrogens with one attached hydrogen (secondary N) is 2. The molecule has 0 saturated carbocycles. The normalized spacial score (nSPS) is 11.8. The first kappa shape index (κ1) is 18.9. The van der Waals surface area contributed by atoms with E-state index in [0.29, 0.717) is 28.1 Å². The predicted molar refractivity (Wildman–Crippen MR) is 103 cm³/mol. The van der Waals surface area contributed by atoms with Crippen molar-refractivity contribution >= 4 is 22.4 Å². The first-order valence-corrected chi connectivity index (χ1v) is 8.79. The molecule has 4 nitrogen and oxygen atoms in total. The second-order valence-corrected chi connectivity index (χ2v) is 6.70. The summed E-state index contributed by atoms with van der Waals surface area (Å²) >= 11 is 0. The molecule has 0 aliphatic rings. The van der Waals surface area contributed by atoms with E-state index in [1.165, 1.54) is 24.3 Å². The number of pyridine rings is 1. The van der Waals surface area contributed by atoms with Crippen LogP contribution in [0.1, 0.15) is 16.8 Å². The molecule has 0 bridgehead atoms. The lowest BCUT2D eigenvalue weighted by molar-refractivity contribution is -0.137. The van der Waals surface area contributed by atoms with Crippen molar-refractivity contribution in [2.75, 3.05) is 5.32 Å². The molecule has 0 aliphatic carbocycles. The monoisotopic (exact) mass is 400 g/mol. The van der Waals surface area contributed by atoms with Crippen LogP contribution in [0.15, 0.2) is 48.5 Å². The van der Waals surface area contributed by atoms with E-state index in [1.807, 2.05) is 0 Å². The molecule has 2 aromatic carbocycles. The fourth-order valence-corrected chi connectivity index (χ4v) is 3.17. The molecule has 8 heteroatoms. The van der Waals surface area contributed by atoms with Gasteiger partial charge in [0.2, 0.25) is 0 Å². The van der Waals surface area contributed by atoms with Gasteiger partial charge in [0.25, 0.3) is 0 Å². The first-order chi connectivity index (χ1) is 13.7. The second kappa shape index (κ2) is 6.88. The van der Waals surface area contributed by atoms with E-state index in [-0.39, 0.29) is 11.3 Å². The summed E-state index contributed by atoms with van der Waals surface area (Å²) in [5, 5.41) is 10.6. The maximum atomic E-state index is 13.6. The average molecular weight is 400 g/mol. The van der Waals surface area contributed by atoms with E-state index >= 15 is 0 Å². The van der Waals surface area contributed by atoms with Crippen LogP contribution >= 0.6 is 0 Å². The van der Waals surface area contributed by atoms with Gasteiger partial charge in [-0.25, -0.2) is 4.39 Å². The van der Waals surface area contributed by atoms with Crippen LogP contribution in [0.3, 0.4) is 0 Å². The summed E-state index contributed by atoms with van der Waals surface area (Å²) in [6.07, 6.45) is -4.50. The van der Waals surface area contributed by atoms with E-state index < -0.39 is 17.6 Å². The molecule has 0 spiro atoms. The largest absolute Gasteiger partial charge is 0.417 e. The number of anilines is 2. The fourth-order valence-electron chi connectivity index (χ4n) is 3.17. The molecule has 148 valence electrons. The van der Waals surface area contributed by atoms with Crippen molar-refractivity contribution in [3.05, 3.63) is 71.2 Å². The zero-order valence-corrected chi connectivity index (χ0v) is 15.5. The van der Waals surface area contributed by atoms with E-state index in [0.717, 1.165) is 11.6 Å². The lowest BCUT2D eigenvalue weighted by Gasteiger charge is -2.16. The highest BCUT2D eigenvalue weighted by Gasteiger charge is 2.33. The lowest BCUT2D eigenvalue weighted by Crippen LogP contribution is -2.08. The van der Waals surface area contributed by atoms with Crippen LogP contribution in [-0.4, -0.2) is 15.2 Å². The average Bonchev–Trinajstić information content (AvgIpc) is 3.06. The molecule has 2 aromatic heterocycles. The zero-order valence-electron chi connectivity index (χ0n) is 15.5. The Labute approximate surface area is 163 Å². The number of hydrogen-bond donors (Lipinski definition) is 2. The van der Waals surface area contributed by atoms with Gasteiger partial charge in [-0.3, -0.25) is 10.1 Å². The Kier molecular flexibility index (Phi) is 4.49. The maximum Gasteiger partial charge on any atom is 0.417 e. The summed E-state index contributed by atoms with van der Waals surface area (Å²) < 4.78 is 53.9. The van der Waals surface area contributed by atoms with Gasteiger partial charge in [0.1, 0.15) is 5.82 Å². The van der Waals surface area contributed by atoms with Gasteiger partial charge >= 0.3 is 6.18 Å². The van der Waals surface area contributed by atoms with Crippen LogP contribution in [0.2, 0.25) is 0 Å². The summed E-state index contributed by atoms with van der Waals surface area (Å²) in [6, 6.07) is 11.1. The Bertz CT molecular complexity index is 1210. The highest BCUT2D eigenvalue weighted by Crippen LogP contribution is 2.38. The molecular weight excluding hydrogens is 384 g/mol.